The molecule has 2 aromatic rings. The van der Waals surface area contributed by atoms with Gasteiger partial charge >= 0.3 is 0 Å². The number of aromatic amines is 1. The van der Waals surface area contributed by atoms with E-state index < -0.39 is 0 Å². The third kappa shape index (κ3) is 3.26. The van der Waals surface area contributed by atoms with Gasteiger partial charge in [0, 0.05) is 56.6 Å². The topological polar surface area (TPSA) is 35.2 Å². The first kappa shape index (κ1) is 16.6. The molecule has 27 heavy (non-hydrogen) atoms. The molecule has 1 aromatic heterocycles. The van der Waals surface area contributed by atoms with Gasteiger partial charge in [0.15, 0.2) is 0 Å². The lowest BCUT2D eigenvalue weighted by Crippen LogP contribution is -2.45. The van der Waals surface area contributed by atoms with Crippen LogP contribution < -0.4 is 0 Å². The van der Waals surface area contributed by atoms with Gasteiger partial charge in [-0.2, -0.15) is 5.10 Å². The van der Waals surface area contributed by atoms with Crippen LogP contribution in [0.25, 0.3) is 5.57 Å². The van der Waals surface area contributed by atoms with Crippen molar-refractivity contribution in [1.29, 1.82) is 0 Å². The molecule has 0 radical (unpaired) electrons. The van der Waals surface area contributed by atoms with E-state index in [9.17, 15) is 0 Å². The standard InChI is InChI=1S/C23H26N4/c1-2-6-18(7-3-1)17-26-12-14-27(15-13-26)23-20-9-5-4-8-19(20)16-21(23)22-10-11-24-25-22/h1-4,6-8,10-11H,5,9,12-17H2,(H,24,25). The predicted molar refractivity (Wildman–Crippen MR) is 109 cm³/mol. The van der Waals surface area contributed by atoms with Crippen molar-refractivity contribution >= 4 is 5.57 Å². The molecule has 4 nitrogen and oxygen atoms in total. The van der Waals surface area contributed by atoms with Crippen molar-refractivity contribution in [3.63, 3.8) is 0 Å². The molecule has 1 saturated heterocycles. The molecule has 2 aliphatic carbocycles. The molecule has 3 aliphatic rings. The summed E-state index contributed by atoms with van der Waals surface area (Å²) >= 11 is 0. The van der Waals surface area contributed by atoms with Crippen LogP contribution in [0.3, 0.4) is 0 Å². The lowest BCUT2D eigenvalue weighted by molar-refractivity contribution is 0.155. The Balaban J connectivity index is 1.35. The van der Waals surface area contributed by atoms with Crippen molar-refractivity contribution in [3.8, 4) is 0 Å². The first-order chi connectivity index (χ1) is 13.4. The fourth-order valence-corrected chi connectivity index (χ4v) is 4.61. The molecular formula is C23H26N4. The summed E-state index contributed by atoms with van der Waals surface area (Å²) < 4.78 is 0. The zero-order valence-electron chi connectivity index (χ0n) is 15.7. The van der Waals surface area contributed by atoms with E-state index in [0.717, 1.165) is 45.6 Å². The molecular weight excluding hydrogens is 332 g/mol. The fourth-order valence-electron chi connectivity index (χ4n) is 4.61. The second-order valence-electron chi connectivity index (χ2n) is 7.67. The first-order valence-corrected chi connectivity index (χ1v) is 10.0. The first-order valence-electron chi connectivity index (χ1n) is 10.0. The molecule has 0 amide bonds. The van der Waals surface area contributed by atoms with E-state index in [2.05, 4.69) is 68.5 Å². The average Bonchev–Trinajstić information content (AvgIpc) is 3.37. The van der Waals surface area contributed by atoms with Gasteiger partial charge in [0.1, 0.15) is 0 Å². The summed E-state index contributed by atoms with van der Waals surface area (Å²) in [5.74, 6) is 0. The maximum absolute atomic E-state index is 4.20. The number of benzene rings is 1. The van der Waals surface area contributed by atoms with Crippen LogP contribution in [0.5, 0.6) is 0 Å². The van der Waals surface area contributed by atoms with Crippen LogP contribution in [0.4, 0.5) is 0 Å². The van der Waals surface area contributed by atoms with Gasteiger partial charge < -0.3 is 4.90 Å². The highest BCUT2D eigenvalue weighted by Crippen LogP contribution is 2.43. The molecule has 4 heteroatoms. The van der Waals surface area contributed by atoms with Gasteiger partial charge in [0.2, 0.25) is 0 Å². The molecule has 0 unspecified atom stereocenters. The third-order valence-electron chi connectivity index (χ3n) is 5.97. The Hall–Kier alpha value is -2.59. The lowest BCUT2D eigenvalue weighted by atomic mass is 9.98. The second-order valence-corrected chi connectivity index (χ2v) is 7.67. The van der Waals surface area contributed by atoms with Crippen LogP contribution in [0.2, 0.25) is 0 Å². The van der Waals surface area contributed by atoms with E-state index in [1.807, 2.05) is 6.20 Å². The van der Waals surface area contributed by atoms with E-state index >= 15 is 0 Å². The van der Waals surface area contributed by atoms with Crippen molar-refractivity contribution in [3.05, 3.63) is 82.8 Å². The van der Waals surface area contributed by atoms with Crippen molar-refractivity contribution < 1.29 is 0 Å². The van der Waals surface area contributed by atoms with Crippen molar-refractivity contribution in [2.24, 2.45) is 0 Å². The predicted octanol–water partition coefficient (Wildman–Crippen LogP) is 3.99. The van der Waals surface area contributed by atoms with E-state index in [1.54, 1.807) is 5.57 Å². The maximum atomic E-state index is 4.20. The summed E-state index contributed by atoms with van der Waals surface area (Å²) in [6, 6.07) is 12.9. The molecule has 0 spiro atoms. The number of H-pyrrole nitrogens is 1. The Morgan fingerprint density at radius 2 is 1.81 bits per heavy atom. The molecule has 1 aromatic carbocycles. The minimum absolute atomic E-state index is 1.04. The van der Waals surface area contributed by atoms with Gasteiger partial charge in [-0.15, -0.1) is 0 Å². The minimum Gasteiger partial charge on any atom is -0.368 e. The van der Waals surface area contributed by atoms with Crippen LogP contribution in [-0.2, 0) is 6.54 Å². The Morgan fingerprint density at radius 1 is 0.963 bits per heavy atom. The summed E-state index contributed by atoms with van der Waals surface area (Å²) in [4.78, 5) is 5.20. The van der Waals surface area contributed by atoms with Crippen molar-refractivity contribution in [1.82, 2.24) is 20.0 Å². The van der Waals surface area contributed by atoms with Crippen LogP contribution in [-0.4, -0.2) is 46.2 Å². The second kappa shape index (κ2) is 7.20. The number of allylic oxidation sites excluding steroid dienone is 5. The van der Waals surface area contributed by atoms with E-state index in [-0.39, 0.29) is 0 Å². The molecule has 0 atom stereocenters. The van der Waals surface area contributed by atoms with Gasteiger partial charge in [-0.05, 0) is 35.6 Å². The number of rotatable bonds is 4. The summed E-state index contributed by atoms with van der Waals surface area (Å²) in [5.41, 5.74) is 8.58. The maximum Gasteiger partial charge on any atom is 0.0633 e. The number of nitrogens with zero attached hydrogens (tertiary/aromatic N) is 3. The summed E-state index contributed by atoms with van der Waals surface area (Å²) in [6.45, 7) is 5.48. The summed E-state index contributed by atoms with van der Waals surface area (Å²) in [6.07, 6.45) is 9.89. The monoisotopic (exact) mass is 358 g/mol. The Morgan fingerprint density at radius 3 is 2.59 bits per heavy atom. The molecule has 1 aliphatic heterocycles. The Bertz CT molecular complexity index is 882. The van der Waals surface area contributed by atoms with Crippen molar-refractivity contribution in [2.75, 3.05) is 26.2 Å². The molecule has 0 saturated carbocycles. The highest BCUT2D eigenvalue weighted by molar-refractivity contribution is 5.78. The summed E-state index contributed by atoms with van der Waals surface area (Å²) in [5, 5.41) is 7.40. The van der Waals surface area contributed by atoms with Crippen LogP contribution in [0, 0.1) is 0 Å². The average molecular weight is 358 g/mol. The lowest BCUT2D eigenvalue weighted by Gasteiger charge is -2.38. The largest absolute Gasteiger partial charge is 0.368 e. The minimum atomic E-state index is 1.04. The van der Waals surface area contributed by atoms with Gasteiger partial charge in [-0.1, -0.05) is 42.5 Å². The van der Waals surface area contributed by atoms with E-state index in [4.69, 9.17) is 0 Å². The van der Waals surface area contributed by atoms with Gasteiger partial charge in [-0.3, -0.25) is 10.00 Å². The quantitative estimate of drug-likeness (QED) is 0.898. The number of hydrogen-bond donors (Lipinski definition) is 1. The highest BCUT2D eigenvalue weighted by Gasteiger charge is 2.31. The molecule has 5 rings (SSSR count). The van der Waals surface area contributed by atoms with Crippen LogP contribution in [0.1, 0.15) is 30.5 Å². The fraction of sp³-hybridized carbons (Fsp3) is 0.348. The third-order valence-corrected chi connectivity index (χ3v) is 5.97. The molecule has 138 valence electrons. The zero-order valence-corrected chi connectivity index (χ0v) is 15.7. The molecule has 0 bridgehead atoms. The van der Waals surface area contributed by atoms with Gasteiger partial charge in [0.25, 0.3) is 0 Å². The SMILES string of the molecule is C1=CC2=C(CC1)C(N1CCN(Cc3ccccc3)CC1)=C(c1ccn[nH]1)C2. The Kier molecular flexibility index (Phi) is 4.42. The normalized spacial score (nSPS) is 20.5. The van der Waals surface area contributed by atoms with E-state index in [1.165, 1.54) is 34.5 Å². The number of piperazine rings is 1. The highest BCUT2D eigenvalue weighted by atomic mass is 15.3. The smallest absolute Gasteiger partial charge is 0.0633 e. The summed E-state index contributed by atoms with van der Waals surface area (Å²) in [7, 11) is 0. The van der Waals surface area contributed by atoms with E-state index in [0.29, 0.717) is 0 Å². The zero-order chi connectivity index (χ0) is 18.1. The molecule has 1 N–H and O–H groups in total. The molecule has 1 fully saturated rings. The Labute approximate surface area is 160 Å². The van der Waals surface area contributed by atoms with Crippen LogP contribution >= 0.6 is 0 Å². The number of aromatic nitrogens is 2. The van der Waals surface area contributed by atoms with Crippen LogP contribution in [0.15, 0.2) is 71.6 Å². The van der Waals surface area contributed by atoms with Gasteiger partial charge in [-0.25, -0.2) is 0 Å². The molecule has 2 heterocycles. The van der Waals surface area contributed by atoms with Gasteiger partial charge in [0.05, 0.1) is 5.69 Å². The number of hydrogen-bond acceptors (Lipinski definition) is 3. The van der Waals surface area contributed by atoms with Crippen molar-refractivity contribution in [2.45, 2.75) is 25.8 Å². The number of nitrogens with one attached hydrogen (secondary N) is 1.